The molecule has 0 aliphatic carbocycles. The van der Waals surface area contributed by atoms with Gasteiger partial charge in [0, 0.05) is 47.2 Å². The van der Waals surface area contributed by atoms with Crippen LogP contribution in [0.25, 0.3) is 23.0 Å². The number of aliphatic carboxylic acids is 1. The van der Waals surface area contributed by atoms with Crippen LogP contribution < -0.4 is 5.32 Å². The molecule has 0 saturated heterocycles. The maximum absolute atomic E-state index is 14.1. The van der Waals surface area contributed by atoms with E-state index in [9.17, 15) is 18.8 Å². The summed E-state index contributed by atoms with van der Waals surface area (Å²) < 4.78 is 25.7. The number of para-hydroxylation sites is 1. The highest BCUT2D eigenvalue weighted by molar-refractivity contribution is 7.93. The van der Waals surface area contributed by atoms with Gasteiger partial charge in [0.2, 0.25) is 0 Å². The summed E-state index contributed by atoms with van der Waals surface area (Å²) in [5.74, 6) is -0.0169. The van der Waals surface area contributed by atoms with Crippen LogP contribution in [0.15, 0.2) is 78.5 Å². The van der Waals surface area contributed by atoms with Crippen LogP contribution in [0.2, 0.25) is 0 Å². The third-order valence-electron chi connectivity index (χ3n) is 7.68. The maximum atomic E-state index is 14.1. The number of nitrogens with zero attached hydrogens (tertiary/aromatic N) is 3. The quantitative estimate of drug-likeness (QED) is 0.124. The van der Waals surface area contributed by atoms with Crippen molar-refractivity contribution in [3.05, 3.63) is 95.6 Å². The Morgan fingerprint density at radius 1 is 1.12 bits per heavy atom. The Hall–Kier alpha value is -3.95. The lowest BCUT2D eigenvalue weighted by molar-refractivity contribution is -0.138. The molecule has 3 unspecified atom stereocenters. The monoisotopic (exact) mass is 602 g/mol. The van der Waals surface area contributed by atoms with Gasteiger partial charge in [-0.05, 0) is 86.1 Å². The van der Waals surface area contributed by atoms with Crippen molar-refractivity contribution < 1.29 is 18.8 Å². The smallest absolute Gasteiger partial charge is 0.303 e. The number of pyridine rings is 1. The summed E-state index contributed by atoms with van der Waals surface area (Å²) in [7, 11) is 0. The zero-order valence-corrected chi connectivity index (χ0v) is 25.8. The number of hydrogen-bond acceptors (Lipinski definition) is 6. The van der Waals surface area contributed by atoms with Crippen LogP contribution in [0.1, 0.15) is 64.1 Å². The first-order chi connectivity index (χ1) is 20.7. The van der Waals surface area contributed by atoms with Gasteiger partial charge in [0.05, 0.1) is 17.1 Å². The molecule has 2 aromatic heterocycles. The third kappa shape index (κ3) is 8.33. The highest BCUT2D eigenvalue weighted by atomic mass is 32.2. The molecule has 226 valence electrons. The number of rotatable bonds is 14. The molecule has 0 radical (unpaired) electrons. The SMILES string of the molecule is CCC(C)c1nn(-c2ccnc(Nc3ccccc3)c2)c(-c2ccc(F)cc2)c1/C=C(/C)C(CSO)CC(C)CC(=O)O. The van der Waals surface area contributed by atoms with Crippen LogP contribution in [-0.2, 0) is 4.79 Å². The van der Waals surface area contributed by atoms with E-state index in [1.165, 1.54) is 12.1 Å². The number of benzene rings is 2. The maximum Gasteiger partial charge on any atom is 0.303 e. The Bertz CT molecular complexity index is 1540. The Kier molecular flexibility index (Phi) is 11.1. The van der Waals surface area contributed by atoms with E-state index < -0.39 is 5.97 Å². The second kappa shape index (κ2) is 15.0. The number of hydrogen-bond donors (Lipinski definition) is 3. The molecule has 4 aromatic rings. The Morgan fingerprint density at radius 2 is 1.84 bits per heavy atom. The van der Waals surface area contributed by atoms with Gasteiger partial charge in [-0.2, -0.15) is 5.10 Å². The van der Waals surface area contributed by atoms with Gasteiger partial charge in [-0.3, -0.25) is 4.79 Å². The van der Waals surface area contributed by atoms with Crippen LogP contribution in [-0.4, -0.2) is 36.1 Å². The Labute approximate surface area is 257 Å². The summed E-state index contributed by atoms with van der Waals surface area (Å²) in [6.07, 6.45) is 5.40. The Balaban J connectivity index is 1.88. The molecule has 4 rings (SSSR count). The topological polar surface area (TPSA) is 100 Å². The molecule has 0 saturated carbocycles. The highest BCUT2D eigenvalue weighted by Crippen LogP contribution is 2.37. The van der Waals surface area contributed by atoms with Gasteiger partial charge in [-0.1, -0.05) is 50.6 Å². The molecule has 2 aromatic carbocycles. The molecule has 0 fully saturated rings. The second-order valence-electron chi connectivity index (χ2n) is 11.1. The molecule has 9 heteroatoms. The molecule has 3 N–H and O–H groups in total. The van der Waals surface area contributed by atoms with Gasteiger partial charge in [0.25, 0.3) is 0 Å². The first-order valence-corrected chi connectivity index (χ1v) is 15.5. The van der Waals surface area contributed by atoms with Gasteiger partial charge >= 0.3 is 5.97 Å². The van der Waals surface area contributed by atoms with Gasteiger partial charge in [0.1, 0.15) is 11.6 Å². The average molecular weight is 603 g/mol. The highest BCUT2D eigenvalue weighted by Gasteiger charge is 2.24. The summed E-state index contributed by atoms with van der Waals surface area (Å²) in [5, 5.41) is 17.8. The van der Waals surface area contributed by atoms with Gasteiger partial charge in [-0.15, -0.1) is 0 Å². The number of nitrogens with one attached hydrogen (secondary N) is 1. The normalized spacial score (nSPS) is 13.9. The lowest BCUT2D eigenvalue weighted by atomic mass is 9.87. The van der Waals surface area contributed by atoms with Crippen molar-refractivity contribution in [1.29, 1.82) is 0 Å². The van der Waals surface area contributed by atoms with Crippen molar-refractivity contribution in [2.75, 3.05) is 11.1 Å². The minimum Gasteiger partial charge on any atom is -0.481 e. The summed E-state index contributed by atoms with van der Waals surface area (Å²) in [4.78, 5) is 15.8. The Morgan fingerprint density at radius 3 is 2.49 bits per heavy atom. The molecule has 0 aliphatic rings. The molecule has 0 aliphatic heterocycles. The van der Waals surface area contributed by atoms with E-state index in [4.69, 9.17) is 5.10 Å². The minimum atomic E-state index is -0.832. The van der Waals surface area contributed by atoms with Crippen molar-refractivity contribution in [2.24, 2.45) is 11.8 Å². The van der Waals surface area contributed by atoms with Crippen molar-refractivity contribution >= 4 is 35.6 Å². The predicted molar refractivity (Wildman–Crippen MR) is 173 cm³/mol. The molecule has 0 spiro atoms. The lowest BCUT2D eigenvalue weighted by Crippen LogP contribution is -2.13. The van der Waals surface area contributed by atoms with Gasteiger partial charge in [-0.25, -0.2) is 14.1 Å². The lowest BCUT2D eigenvalue weighted by Gasteiger charge is -2.20. The average Bonchev–Trinajstić information content (AvgIpc) is 3.36. The summed E-state index contributed by atoms with van der Waals surface area (Å²) in [6, 6.07) is 20.1. The van der Waals surface area contributed by atoms with Crippen molar-refractivity contribution in [2.45, 2.75) is 52.9 Å². The van der Waals surface area contributed by atoms with E-state index in [1.54, 1.807) is 18.3 Å². The van der Waals surface area contributed by atoms with Gasteiger partial charge < -0.3 is 15.0 Å². The van der Waals surface area contributed by atoms with Crippen LogP contribution in [0, 0.1) is 17.7 Å². The third-order valence-corrected chi connectivity index (χ3v) is 8.23. The number of carboxylic acids is 1. The van der Waals surface area contributed by atoms with E-state index in [-0.39, 0.29) is 30.0 Å². The van der Waals surface area contributed by atoms with E-state index in [2.05, 4.69) is 30.2 Å². The van der Waals surface area contributed by atoms with E-state index in [0.29, 0.717) is 18.0 Å². The van der Waals surface area contributed by atoms with Crippen LogP contribution >= 0.6 is 12.0 Å². The minimum absolute atomic E-state index is 0.0406. The zero-order valence-electron chi connectivity index (χ0n) is 25.0. The molecule has 3 atom stereocenters. The number of halogens is 1. The molecule has 43 heavy (non-hydrogen) atoms. The van der Waals surface area contributed by atoms with Crippen LogP contribution in [0.5, 0.6) is 0 Å². The van der Waals surface area contributed by atoms with Crippen molar-refractivity contribution in [3.63, 3.8) is 0 Å². The molecular weight excluding hydrogens is 563 g/mol. The molecule has 7 nitrogen and oxygen atoms in total. The fraction of sp³-hybridized carbons (Fsp3) is 0.324. The molecule has 0 amide bonds. The number of anilines is 2. The van der Waals surface area contributed by atoms with E-state index >= 15 is 0 Å². The van der Waals surface area contributed by atoms with E-state index in [0.717, 1.165) is 57.9 Å². The van der Waals surface area contributed by atoms with E-state index in [1.807, 2.05) is 61.0 Å². The predicted octanol–water partition coefficient (Wildman–Crippen LogP) is 9.06. The number of carbonyl (C=O) groups is 1. The zero-order chi connectivity index (χ0) is 30.9. The standard InChI is InChI=1S/C34H39FN4O3S/c1-5-23(3)33-30(19-24(4)26(21-43-42)17-22(2)18-32(40)41)34(25-11-13-27(35)14-12-25)39(38-33)29-15-16-36-31(20-29)37-28-9-7-6-8-10-28/h6-16,19-20,22-23,26,42H,5,17-18,21H2,1-4H3,(H,36,37)(H,40,41)/b24-19-. The number of aromatic nitrogens is 3. The second-order valence-corrected chi connectivity index (χ2v) is 11.7. The largest absolute Gasteiger partial charge is 0.481 e. The number of carboxylic acid groups (broad SMARTS) is 1. The molecule has 0 bridgehead atoms. The fourth-order valence-corrected chi connectivity index (χ4v) is 5.77. The van der Waals surface area contributed by atoms with Crippen LogP contribution in [0.4, 0.5) is 15.9 Å². The first kappa shape index (κ1) is 32.0. The van der Waals surface area contributed by atoms with Gasteiger partial charge in [0.15, 0.2) is 0 Å². The van der Waals surface area contributed by atoms with Crippen molar-refractivity contribution in [3.8, 4) is 16.9 Å². The van der Waals surface area contributed by atoms with Crippen LogP contribution in [0.3, 0.4) is 0 Å². The molecule has 2 heterocycles. The molecular formula is C34H39FN4O3S. The first-order valence-electron chi connectivity index (χ1n) is 14.5. The van der Waals surface area contributed by atoms with Crippen molar-refractivity contribution in [1.82, 2.24) is 14.8 Å². The summed E-state index contributed by atoms with van der Waals surface area (Å²) in [6.45, 7) is 8.20. The summed E-state index contributed by atoms with van der Waals surface area (Å²) in [5.41, 5.74) is 6.19. The summed E-state index contributed by atoms with van der Waals surface area (Å²) >= 11 is 0.766. The number of allylic oxidation sites excluding steroid dienone is 1. The fourth-order valence-electron chi connectivity index (χ4n) is 5.20.